The van der Waals surface area contributed by atoms with Crippen molar-refractivity contribution in [2.24, 2.45) is 0 Å². The van der Waals surface area contributed by atoms with Gasteiger partial charge in [-0.05, 0) is 20.3 Å². The molecule has 98 valence electrons. The Bertz CT molecular complexity index is 463. The number of aliphatic carboxylic acids is 1. The molecule has 0 bridgehead atoms. The summed E-state index contributed by atoms with van der Waals surface area (Å²) in [6, 6.07) is 0. The van der Waals surface area contributed by atoms with Gasteiger partial charge in [0.1, 0.15) is 0 Å². The number of anilines is 1. The van der Waals surface area contributed by atoms with Crippen LogP contribution >= 0.6 is 0 Å². The second-order valence-electron chi connectivity index (χ2n) is 4.41. The van der Waals surface area contributed by atoms with Gasteiger partial charge in [-0.25, -0.2) is 4.79 Å². The summed E-state index contributed by atoms with van der Waals surface area (Å²) >= 11 is 0. The van der Waals surface area contributed by atoms with E-state index in [0.29, 0.717) is 18.5 Å². The second-order valence-corrected chi connectivity index (χ2v) is 4.41. The van der Waals surface area contributed by atoms with Gasteiger partial charge in [0.15, 0.2) is 5.54 Å². The fraction of sp³-hybridized carbons (Fsp3) is 0.417. The predicted molar refractivity (Wildman–Crippen MR) is 67.2 cm³/mol. The Balaban J connectivity index is 2.72. The van der Waals surface area contributed by atoms with E-state index in [2.05, 4.69) is 17.0 Å². The third-order valence-corrected chi connectivity index (χ3v) is 2.54. The maximum absolute atomic E-state index is 11.5. The first-order valence-corrected chi connectivity index (χ1v) is 5.57. The minimum absolute atomic E-state index is 0.150. The molecular formula is C12H17N3O3. The van der Waals surface area contributed by atoms with Crippen molar-refractivity contribution < 1.29 is 14.7 Å². The molecule has 0 unspecified atom stereocenters. The maximum atomic E-state index is 11.5. The number of hydrogen-bond acceptors (Lipinski definition) is 3. The minimum Gasteiger partial charge on any atom is -0.479 e. The monoisotopic (exact) mass is 251 g/mol. The van der Waals surface area contributed by atoms with Crippen LogP contribution in [0.1, 0.15) is 26.7 Å². The van der Waals surface area contributed by atoms with Gasteiger partial charge in [0.2, 0.25) is 5.91 Å². The highest BCUT2D eigenvalue weighted by Gasteiger charge is 2.30. The van der Waals surface area contributed by atoms with Crippen LogP contribution in [0.2, 0.25) is 0 Å². The zero-order chi connectivity index (χ0) is 13.8. The molecule has 1 rings (SSSR count). The number of aromatic nitrogens is 2. The lowest BCUT2D eigenvalue weighted by atomic mass is 10.1. The zero-order valence-corrected chi connectivity index (χ0v) is 10.5. The SMILES string of the molecule is C=CCCC(=O)Nc1cnn(C(C)(C)C(=O)O)c1. The van der Waals surface area contributed by atoms with Crippen LogP contribution in [-0.4, -0.2) is 26.8 Å². The lowest BCUT2D eigenvalue weighted by Crippen LogP contribution is -2.35. The third-order valence-electron chi connectivity index (χ3n) is 2.54. The molecule has 0 radical (unpaired) electrons. The molecule has 0 aromatic carbocycles. The fourth-order valence-corrected chi connectivity index (χ4v) is 1.25. The van der Waals surface area contributed by atoms with E-state index in [0.717, 1.165) is 0 Å². The summed E-state index contributed by atoms with van der Waals surface area (Å²) in [6.45, 7) is 6.60. The molecule has 0 saturated heterocycles. The highest BCUT2D eigenvalue weighted by atomic mass is 16.4. The number of carboxylic acid groups (broad SMARTS) is 1. The molecule has 0 aliphatic carbocycles. The summed E-state index contributed by atoms with van der Waals surface area (Å²) in [5.41, 5.74) is -0.664. The fourth-order valence-electron chi connectivity index (χ4n) is 1.25. The molecule has 1 aromatic heterocycles. The van der Waals surface area contributed by atoms with Crippen molar-refractivity contribution >= 4 is 17.6 Å². The Morgan fingerprint density at radius 3 is 2.83 bits per heavy atom. The van der Waals surface area contributed by atoms with E-state index >= 15 is 0 Å². The van der Waals surface area contributed by atoms with Gasteiger partial charge in [-0.1, -0.05) is 6.08 Å². The van der Waals surface area contributed by atoms with E-state index in [4.69, 9.17) is 5.11 Å². The van der Waals surface area contributed by atoms with Gasteiger partial charge < -0.3 is 10.4 Å². The number of amides is 1. The van der Waals surface area contributed by atoms with E-state index in [9.17, 15) is 9.59 Å². The topological polar surface area (TPSA) is 84.2 Å². The van der Waals surface area contributed by atoms with Crippen LogP contribution in [0.3, 0.4) is 0 Å². The number of nitrogens with zero attached hydrogens (tertiary/aromatic N) is 2. The Kier molecular flexibility index (Phi) is 4.25. The van der Waals surface area contributed by atoms with E-state index < -0.39 is 11.5 Å². The van der Waals surface area contributed by atoms with E-state index in [-0.39, 0.29) is 5.91 Å². The summed E-state index contributed by atoms with van der Waals surface area (Å²) in [7, 11) is 0. The highest BCUT2D eigenvalue weighted by molar-refractivity contribution is 5.90. The van der Waals surface area contributed by atoms with E-state index in [1.165, 1.54) is 30.9 Å². The van der Waals surface area contributed by atoms with Crippen molar-refractivity contribution in [3.63, 3.8) is 0 Å². The molecule has 1 aromatic rings. The summed E-state index contributed by atoms with van der Waals surface area (Å²) < 4.78 is 1.30. The van der Waals surface area contributed by atoms with Gasteiger partial charge in [-0.15, -0.1) is 6.58 Å². The van der Waals surface area contributed by atoms with Crippen molar-refractivity contribution in [3.05, 3.63) is 25.0 Å². The number of carbonyl (C=O) groups is 2. The molecule has 6 heteroatoms. The smallest absolute Gasteiger partial charge is 0.331 e. The number of carbonyl (C=O) groups excluding carboxylic acids is 1. The Hall–Kier alpha value is -2.11. The van der Waals surface area contributed by atoms with Gasteiger partial charge in [-0.3, -0.25) is 9.48 Å². The van der Waals surface area contributed by atoms with Crippen molar-refractivity contribution in [1.82, 2.24) is 9.78 Å². The Labute approximate surface area is 105 Å². The van der Waals surface area contributed by atoms with E-state index in [1.54, 1.807) is 6.08 Å². The lowest BCUT2D eigenvalue weighted by molar-refractivity contribution is -0.146. The van der Waals surface area contributed by atoms with Gasteiger partial charge in [0.05, 0.1) is 11.9 Å². The molecule has 0 aliphatic rings. The number of allylic oxidation sites excluding steroid dienone is 1. The molecule has 0 atom stereocenters. The molecule has 0 fully saturated rings. The Morgan fingerprint density at radius 2 is 2.28 bits per heavy atom. The van der Waals surface area contributed by atoms with Crippen LogP contribution in [0.25, 0.3) is 0 Å². The van der Waals surface area contributed by atoms with Gasteiger partial charge >= 0.3 is 5.97 Å². The number of hydrogen-bond donors (Lipinski definition) is 2. The standard InChI is InChI=1S/C12H17N3O3/c1-4-5-6-10(16)14-9-7-13-15(8-9)12(2,3)11(17)18/h4,7-8H,1,5-6H2,2-3H3,(H,14,16)(H,17,18). The second kappa shape index (κ2) is 5.48. The minimum atomic E-state index is -1.15. The first kappa shape index (κ1) is 14.0. The number of nitrogens with one attached hydrogen (secondary N) is 1. The quantitative estimate of drug-likeness (QED) is 0.752. The molecule has 1 heterocycles. The summed E-state index contributed by atoms with van der Waals surface area (Å²) in [5, 5.41) is 15.6. The summed E-state index contributed by atoms with van der Waals surface area (Å²) in [5.74, 6) is -1.14. The summed E-state index contributed by atoms with van der Waals surface area (Å²) in [6.07, 6.45) is 5.53. The van der Waals surface area contributed by atoms with Crippen molar-refractivity contribution in [2.75, 3.05) is 5.32 Å². The molecule has 18 heavy (non-hydrogen) atoms. The first-order valence-electron chi connectivity index (χ1n) is 5.57. The third kappa shape index (κ3) is 3.19. The van der Waals surface area contributed by atoms with Gasteiger partial charge in [0.25, 0.3) is 0 Å². The van der Waals surface area contributed by atoms with Crippen molar-refractivity contribution in [3.8, 4) is 0 Å². The van der Waals surface area contributed by atoms with Gasteiger partial charge in [-0.2, -0.15) is 5.10 Å². The zero-order valence-electron chi connectivity index (χ0n) is 10.5. The van der Waals surface area contributed by atoms with Crippen LogP contribution in [0.4, 0.5) is 5.69 Å². The van der Waals surface area contributed by atoms with Crippen molar-refractivity contribution in [1.29, 1.82) is 0 Å². The van der Waals surface area contributed by atoms with Crippen LogP contribution < -0.4 is 5.32 Å². The first-order chi connectivity index (χ1) is 8.37. The van der Waals surface area contributed by atoms with Crippen LogP contribution in [0.15, 0.2) is 25.0 Å². The predicted octanol–water partition coefficient (Wildman–Crippen LogP) is 1.61. The maximum Gasteiger partial charge on any atom is 0.331 e. The molecule has 1 amide bonds. The molecule has 0 spiro atoms. The van der Waals surface area contributed by atoms with E-state index in [1.807, 2.05) is 0 Å². The van der Waals surface area contributed by atoms with Gasteiger partial charge in [0, 0.05) is 12.6 Å². The van der Waals surface area contributed by atoms with Crippen molar-refractivity contribution in [2.45, 2.75) is 32.2 Å². The van der Waals surface area contributed by atoms with Crippen LogP contribution in [-0.2, 0) is 15.1 Å². The summed E-state index contributed by atoms with van der Waals surface area (Å²) in [4.78, 5) is 22.5. The van der Waals surface area contributed by atoms with Crippen LogP contribution in [0.5, 0.6) is 0 Å². The van der Waals surface area contributed by atoms with Crippen LogP contribution in [0, 0.1) is 0 Å². The molecule has 2 N–H and O–H groups in total. The largest absolute Gasteiger partial charge is 0.479 e. The Morgan fingerprint density at radius 1 is 1.61 bits per heavy atom. The molecule has 6 nitrogen and oxygen atoms in total. The normalized spacial score (nSPS) is 11.0. The molecular weight excluding hydrogens is 234 g/mol. The molecule has 0 saturated carbocycles. The average molecular weight is 251 g/mol. The molecule has 0 aliphatic heterocycles. The number of carboxylic acids is 1. The highest BCUT2D eigenvalue weighted by Crippen LogP contribution is 2.17. The lowest BCUT2D eigenvalue weighted by Gasteiger charge is -2.19. The number of rotatable bonds is 6. The average Bonchev–Trinajstić information content (AvgIpc) is 2.75.